The van der Waals surface area contributed by atoms with Gasteiger partial charge in [-0.3, -0.25) is 19.2 Å². The summed E-state index contributed by atoms with van der Waals surface area (Å²) in [6.07, 6.45) is -0.431. The fourth-order valence-corrected chi connectivity index (χ4v) is 2.57. The van der Waals surface area contributed by atoms with Crippen molar-refractivity contribution in [3.8, 4) is 0 Å². The molecule has 3 atom stereocenters. The third-order valence-electron chi connectivity index (χ3n) is 4.40. The van der Waals surface area contributed by atoms with Gasteiger partial charge in [-0.15, -0.1) is 0 Å². The van der Waals surface area contributed by atoms with Gasteiger partial charge in [0, 0.05) is 6.42 Å². The molecule has 1 rings (SSSR count). The first-order valence-corrected chi connectivity index (χ1v) is 9.69. The predicted octanol–water partition coefficient (Wildman–Crippen LogP) is -1.74. The molecule has 0 heterocycles. The van der Waals surface area contributed by atoms with E-state index in [4.69, 9.17) is 16.6 Å². The monoisotopic (exact) mass is 435 g/mol. The lowest BCUT2D eigenvalue weighted by Crippen LogP contribution is -2.55. The van der Waals surface area contributed by atoms with Crippen molar-refractivity contribution in [2.24, 2.45) is 17.4 Å². The molecule has 0 aliphatic rings. The van der Waals surface area contributed by atoms with E-state index in [0.29, 0.717) is 0 Å². The van der Waals surface area contributed by atoms with Gasteiger partial charge in [-0.25, -0.2) is 4.79 Å². The fourth-order valence-electron chi connectivity index (χ4n) is 2.57. The summed E-state index contributed by atoms with van der Waals surface area (Å²) in [6, 6.07) is 5.60. The Morgan fingerprint density at radius 2 is 1.58 bits per heavy atom. The SMILES string of the molecule is CC(C)C(N)C(=O)NC(Cc1ccccc1)C(=O)NCC(=O)NC(CC(N)=O)C(=O)O. The van der Waals surface area contributed by atoms with Crippen molar-refractivity contribution in [2.45, 2.75) is 44.8 Å². The van der Waals surface area contributed by atoms with Crippen LogP contribution >= 0.6 is 0 Å². The van der Waals surface area contributed by atoms with Gasteiger partial charge in [0.2, 0.25) is 23.6 Å². The van der Waals surface area contributed by atoms with Crippen LogP contribution in [0.3, 0.4) is 0 Å². The number of aliphatic carboxylic acids is 1. The van der Waals surface area contributed by atoms with E-state index in [2.05, 4.69) is 16.0 Å². The largest absolute Gasteiger partial charge is 0.480 e. The number of amides is 4. The van der Waals surface area contributed by atoms with Crippen LogP contribution in [-0.4, -0.2) is 59.4 Å². The van der Waals surface area contributed by atoms with Crippen LogP contribution in [0.5, 0.6) is 0 Å². The Bertz CT molecular complexity index is 799. The number of hydrogen-bond donors (Lipinski definition) is 6. The highest BCUT2D eigenvalue weighted by Gasteiger charge is 2.27. The van der Waals surface area contributed by atoms with Gasteiger partial charge in [0.05, 0.1) is 19.0 Å². The summed E-state index contributed by atoms with van der Waals surface area (Å²) in [4.78, 5) is 59.0. The number of carbonyl (C=O) groups excluding carboxylic acids is 4. The molecule has 0 fully saturated rings. The summed E-state index contributed by atoms with van der Waals surface area (Å²) in [7, 11) is 0. The lowest BCUT2D eigenvalue weighted by molar-refractivity contribution is -0.143. The van der Waals surface area contributed by atoms with Crippen LogP contribution in [0, 0.1) is 5.92 Å². The Kier molecular flexibility index (Phi) is 10.1. The third kappa shape index (κ3) is 9.26. The van der Waals surface area contributed by atoms with Gasteiger partial charge >= 0.3 is 5.97 Å². The second-order valence-corrected chi connectivity index (χ2v) is 7.37. The van der Waals surface area contributed by atoms with Gasteiger partial charge in [-0.2, -0.15) is 0 Å². The van der Waals surface area contributed by atoms with Crippen LogP contribution in [0.25, 0.3) is 0 Å². The van der Waals surface area contributed by atoms with E-state index in [1.807, 2.05) is 0 Å². The quantitative estimate of drug-likeness (QED) is 0.224. The molecule has 8 N–H and O–H groups in total. The van der Waals surface area contributed by atoms with Crippen molar-refractivity contribution in [1.82, 2.24) is 16.0 Å². The number of nitrogens with one attached hydrogen (secondary N) is 3. The number of carboxylic acids is 1. The molecule has 0 saturated carbocycles. The molecular weight excluding hydrogens is 406 g/mol. The molecule has 0 spiro atoms. The second-order valence-electron chi connectivity index (χ2n) is 7.37. The number of carbonyl (C=O) groups is 5. The normalized spacial score (nSPS) is 13.5. The molecule has 170 valence electrons. The summed E-state index contributed by atoms with van der Waals surface area (Å²) >= 11 is 0. The molecular formula is C20H29N5O6. The molecule has 1 aromatic carbocycles. The standard InChI is InChI=1S/C20H29N5O6/c1-11(2)17(22)19(29)25-13(8-12-6-4-3-5-7-12)18(28)23-10-16(27)24-14(20(30)31)9-15(21)26/h3-7,11,13-14,17H,8-10,22H2,1-2H3,(H2,21,26)(H,23,28)(H,24,27)(H,25,29)(H,30,31). The first-order chi connectivity index (χ1) is 14.5. The van der Waals surface area contributed by atoms with E-state index in [-0.39, 0.29) is 12.3 Å². The first kappa shape index (κ1) is 25.6. The van der Waals surface area contributed by atoms with E-state index in [1.165, 1.54) is 0 Å². The zero-order valence-electron chi connectivity index (χ0n) is 17.5. The zero-order valence-corrected chi connectivity index (χ0v) is 17.5. The summed E-state index contributed by atoms with van der Waals surface area (Å²) in [5.41, 5.74) is 11.6. The van der Waals surface area contributed by atoms with Crippen LogP contribution < -0.4 is 27.4 Å². The van der Waals surface area contributed by atoms with Crippen molar-refractivity contribution >= 4 is 29.6 Å². The Hall–Kier alpha value is -3.47. The lowest BCUT2D eigenvalue weighted by atomic mass is 10.0. The van der Waals surface area contributed by atoms with E-state index >= 15 is 0 Å². The number of carboxylic acid groups (broad SMARTS) is 1. The van der Waals surface area contributed by atoms with E-state index in [0.717, 1.165) is 5.56 Å². The Labute approximate surface area is 179 Å². The zero-order chi connectivity index (χ0) is 23.6. The molecule has 0 aliphatic carbocycles. The number of nitrogens with two attached hydrogens (primary N) is 2. The van der Waals surface area contributed by atoms with Crippen molar-refractivity contribution in [3.63, 3.8) is 0 Å². The fraction of sp³-hybridized carbons (Fsp3) is 0.450. The molecule has 11 heteroatoms. The van der Waals surface area contributed by atoms with Crippen molar-refractivity contribution in [2.75, 3.05) is 6.54 Å². The predicted molar refractivity (Wildman–Crippen MR) is 111 cm³/mol. The molecule has 3 unspecified atom stereocenters. The van der Waals surface area contributed by atoms with Crippen LogP contribution in [0.4, 0.5) is 0 Å². The molecule has 0 aromatic heterocycles. The molecule has 0 aliphatic heterocycles. The summed E-state index contributed by atoms with van der Waals surface area (Å²) in [6.45, 7) is 2.98. The highest BCUT2D eigenvalue weighted by atomic mass is 16.4. The number of rotatable bonds is 12. The van der Waals surface area contributed by atoms with Gasteiger partial charge in [0.25, 0.3) is 0 Å². The summed E-state index contributed by atoms with van der Waals surface area (Å²) < 4.78 is 0. The molecule has 31 heavy (non-hydrogen) atoms. The minimum Gasteiger partial charge on any atom is -0.480 e. The maximum Gasteiger partial charge on any atom is 0.326 e. The van der Waals surface area contributed by atoms with Crippen LogP contribution in [0.15, 0.2) is 30.3 Å². The van der Waals surface area contributed by atoms with Crippen LogP contribution in [-0.2, 0) is 30.4 Å². The van der Waals surface area contributed by atoms with E-state index < -0.39 is 60.7 Å². The molecule has 0 radical (unpaired) electrons. The molecule has 1 aromatic rings. The molecule has 11 nitrogen and oxygen atoms in total. The van der Waals surface area contributed by atoms with Gasteiger partial charge < -0.3 is 32.5 Å². The smallest absolute Gasteiger partial charge is 0.326 e. The maximum absolute atomic E-state index is 12.6. The molecule has 4 amide bonds. The van der Waals surface area contributed by atoms with Gasteiger partial charge in [-0.05, 0) is 11.5 Å². The highest BCUT2D eigenvalue weighted by molar-refractivity contribution is 5.93. The minimum absolute atomic E-state index is 0.149. The molecule has 0 bridgehead atoms. The lowest BCUT2D eigenvalue weighted by Gasteiger charge is -2.22. The maximum atomic E-state index is 12.6. The first-order valence-electron chi connectivity index (χ1n) is 9.69. The summed E-state index contributed by atoms with van der Waals surface area (Å²) in [5.74, 6) is -4.47. The van der Waals surface area contributed by atoms with Crippen LogP contribution in [0.2, 0.25) is 0 Å². The Morgan fingerprint density at radius 3 is 2.10 bits per heavy atom. The third-order valence-corrected chi connectivity index (χ3v) is 4.40. The summed E-state index contributed by atoms with van der Waals surface area (Å²) in [5, 5.41) is 16.1. The average molecular weight is 435 g/mol. The minimum atomic E-state index is -1.51. The van der Waals surface area contributed by atoms with Crippen molar-refractivity contribution < 1.29 is 29.1 Å². The van der Waals surface area contributed by atoms with Crippen LogP contribution in [0.1, 0.15) is 25.8 Å². The van der Waals surface area contributed by atoms with Gasteiger partial charge in [-0.1, -0.05) is 44.2 Å². The van der Waals surface area contributed by atoms with E-state index in [1.54, 1.807) is 44.2 Å². The van der Waals surface area contributed by atoms with Gasteiger partial charge in [0.1, 0.15) is 12.1 Å². The average Bonchev–Trinajstić information content (AvgIpc) is 2.70. The van der Waals surface area contributed by atoms with Gasteiger partial charge in [0.15, 0.2) is 0 Å². The number of hydrogen-bond acceptors (Lipinski definition) is 6. The molecule has 0 saturated heterocycles. The number of benzene rings is 1. The Balaban J connectivity index is 2.79. The van der Waals surface area contributed by atoms with Crippen molar-refractivity contribution in [3.05, 3.63) is 35.9 Å². The van der Waals surface area contributed by atoms with E-state index in [9.17, 15) is 24.0 Å². The topological polar surface area (TPSA) is 194 Å². The Morgan fingerprint density at radius 1 is 0.968 bits per heavy atom. The second kappa shape index (κ2) is 12.3. The highest BCUT2D eigenvalue weighted by Crippen LogP contribution is 2.05. The van der Waals surface area contributed by atoms with Crippen molar-refractivity contribution in [1.29, 1.82) is 0 Å². The number of primary amides is 1.